The summed E-state index contributed by atoms with van der Waals surface area (Å²) in [6, 6.07) is 13.3. The van der Waals surface area contributed by atoms with Crippen LogP contribution in [0.15, 0.2) is 36.4 Å². The van der Waals surface area contributed by atoms with Crippen molar-refractivity contribution in [2.75, 3.05) is 63.0 Å². The standard InChI is InChI=1S/C30H38N6.ClH/c1-21-19-27(31-11-17-35-13-3-4-14-35)25-9-8-24-23(29(25)33-21)7-10-26-28(20-22(2)34-30(24)26)32-12-18-36-15-5-6-16-36;/h7-10,19-20H,3-6,11-18H2,1-2H3,(H,31,33)(H,32,34);1H. The van der Waals surface area contributed by atoms with Crippen LogP contribution >= 0.6 is 12.4 Å². The van der Waals surface area contributed by atoms with Crippen LogP contribution < -0.4 is 10.6 Å². The van der Waals surface area contributed by atoms with Gasteiger partial charge in [-0.25, -0.2) is 0 Å². The number of rotatable bonds is 8. The molecule has 6 rings (SSSR count). The van der Waals surface area contributed by atoms with Gasteiger partial charge in [-0.2, -0.15) is 0 Å². The lowest BCUT2D eigenvalue weighted by Gasteiger charge is -2.18. The number of hydrogen-bond donors (Lipinski definition) is 2. The van der Waals surface area contributed by atoms with Crippen LogP contribution in [0, 0.1) is 13.8 Å². The van der Waals surface area contributed by atoms with Crippen LogP contribution in [-0.2, 0) is 0 Å². The van der Waals surface area contributed by atoms with Crippen molar-refractivity contribution >= 4 is 56.4 Å². The Bertz CT molecular complexity index is 1290. The van der Waals surface area contributed by atoms with E-state index in [1.165, 1.54) is 84.8 Å². The van der Waals surface area contributed by atoms with Crippen molar-refractivity contribution in [1.29, 1.82) is 0 Å². The lowest BCUT2D eigenvalue weighted by atomic mass is 10.0. The number of aromatic nitrogens is 2. The largest absolute Gasteiger partial charge is 0.383 e. The van der Waals surface area contributed by atoms with Crippen LogP contribution in [0.3, 0.4) is 0 Å². The highest BCUT2D eigenvalue weighted by molar-refractivity contribution is 6.18. The van der Waals surface area contributed by atoms with Gasteiger partial charge in [-0.05, 0) is 77.8 Å². The Hall–Kier alpha value is -2.67. The van der Waals surface area contributed by atoms with E-state index in [0.29, 0.717) is 0 Å². The van der Waals surface area contributed by atoms with Gasteiger partial charge in [-0.15, -0.1) is 12.4 Å². The Kier molecular flexibility index (Phi) is 7.98. The van der Waals surface area contributed by atoms with Gasteiger partial charge in [-0.3, -0.25) is 9.97 Å². The van der Waals surface area contributed by atoms with Crippen LogP contribution in [0.4, 0.5) is 11.4 Å². The molecule has 37 heavy (non-hydrogen) atoms. The minimum atomic E-state index is 0. The average Bonchev–Trinajstić information content (AvgIpc) is 3.58. The second-order valence-corrected chi connectivity index (χ2v) is 10.6. The predicted molar refractivity (Wildman–Crippen MR) is 160 cm³/mol. The third-order valence-corrected chi connectivity index (χ3v) is 7.89. The smallest absolute Gasteiger partial charge is 0.0805 e. The van der Waals surface area contributed by atoms with E-state index in [9.17, 15) is 0 Å². The van der Waals surface area contributed by atoms with Crippen molar-refractivity contribution in [3.8, 4) is 0 Å². The van der Waals surface area contributed by atoms with E-state index in [1.807, 2.05) is 0 Å². The summed E-state index contributed by atoms with van der Waals surface area (Å²) < 4.78 is 0. The molecule has 2 aromatic heterocycles. The number of anilines is 2. The molecule has 6 nitrogen and oxygen atoms in total. The maximum Gasteiger partial charge on any atom is 0.0805 e. The molecule has 2 fully saturated rings. The number of aryl methyl sites for hydroxylation is 2. The Balaban J connectivity index is 0.00000280. The molecule has 0 saturated carbocycles. The molecule has 0 amide bonds. The van der Waals surface area contributed by atoms with Crippen molar-refractivity contribution in [1.82, 2.24) is 19.8 Å². The second-order valence-electron chi connectivity index (χ2n) is 10.6. The third kappa shape index (κ3) is 5.47. The predicted octanol–water partition coefficient (Wildman–Crippen LogP) is 5.99. The fraction of sp³-hybridized carbons (Fsp3) is 0.467. The summed E-state index contributed by atoms with van der Waals surface area (Å²) in [6.45, 7) is 13.2. The number of halogens is 1. The van der Waals surface area contributed by atoms with E-state index in [1.54, 1.807) is 0 Å². The minimum Gasteiger partial charge on any atom is -0.383 e. The van der Waals surface area contributed by atoms with Crippen LogP contribution in [0.1, 0.15) is 37.1 Å². The summed E-state index contributed by atoms with van der Waals surface area (Å²) in [5.74, 6) is 0. The molecule has 2 aliphatic rings. The van der Waals surface area contributed by atoms with Crippen molar-refractivity contribution in [2.24, 2.45) is 0 Å². The Morgan fingerprint density at radius 2 is 1.00 bits per heavy atom. The molecule has 0 unspecified atom stereocenters. The molecule has 196 valence electrons. The summed E-state index contributed by atoms with van der Waals surface area (Å²) in [4.78, 5) is 15.1. The number of pyridine rings is 2. The molecule has 0 radical (unpaired) electrons. The molecule has 2 aliphatic heterocycles. The number of fused-ring (bicyclic) bond motifs is 5. The van der Waals surface area contributed by atoms with Gasteiger partial charge < -0.3 is 20.4 Å². The molecule has 7 heteroatoms. The lowest BCUT2D eigenvalue weighted by Crippen LogP contribution is -2.26. The molecule has 0 aliphatic carbocycles. The van der Waals surface area contributed by atoms with E-state index in [0.717, 1.165) is 48.6 Å². The summed E-state index contributed by atoms with van der Waals surface area (Å²) in [7, 11) is 0. The fourth-order valence-electron chi connectivity index (χ4n) is 6.04. The van der Waals surface area contributed by atoms with Gasteiger partial charge in [0.05, 0.1) is 11.0 Å². The van der Waals surface area contributed by atoms with Gasteiger partial charge in [0.25, 0.3) is 0 Å². The van der Waals surface area contributed by atoms with Crippen molar-refractivity contribution < 1.29 is 0 Å². The first kappa shape index (κ1) is 26.0. The van der Waals surface area contributed by atoms with Crippen molar-refractivity contribution in [2.45, 2.75) is 39.5 Å². The van der Waals surface area contributed by atoms with E-state index in [-0.39, 0.29) is 12.4 Å². The molecular weight excluding hydrogens is 480 g/mol. The highest BCUT2D eigenvalue weighted by Gasteiger charge is 2.15. The maximum absolute atomic E-state index is 5.00. The van der Waals surface area contributed by atoms with Crippen molar-refractivity contribution in [3.63, 3.8) is 0 Å². The summed E-state index contributed by atoms with van der Waals surface area (Å²) in [6.07, 6.45) is 5.34. The van der Waals surface area contributed by atoms with Crippen LogP contribution in [0.5, 0.6) is 0 Å². The minimum absolute atomic E-state index is 0. The normalized spacial score (nSPS) is 16.6. The molecule has 2 N–H and O–H groups in total. The van der Waals surface area contributed by atoms with Crippen LogP contribution in [0.25, 0.3) is 32.6 Å². The van der Waals surface area contributed by atoms with Crippen molar-refractivity contribution in [3.05, 3.63) is 47.8 Å². The Morgan fingerprint density at radius 3 is 1.41 bits per heavy atom. The third-order valence-electron chi connectivity index (χ3n) is 7.89. The summed E-state index contributed by atoms with van der Waals surface area (Å²) in [5, 5.41) is 12.1. The highest BCUT2D eigenvalue weighted by atomic mass is 35.5. The topological polar surface area (TPSA) is 56.3 Å². The van der Waals surface area contributed by atoms with Gasteiger partial charge in [0.1, 0.15) is 0 Å². The van der Waals surface area contributed by atoms with Gasteiger partial charge in [0.2, 0.25) is 0 Å². The number of likely N-dealkylation sites (tertiary alicyclic amines) is 2. The molecule has 0 bridgehead atoms. The fourth-order valence-corrected chi connectivity index (χ4v) is 6.04. The maximum atomic E-state index is 5.00. The quantitative estimate of drug-likeness (QED) is 0.279. The number of nitrogens with zero attached hydrogens (tertiary/aromatic N) is 4. The molecular formula is C30H39ClN6. The summed E-state index contributed by atoms with van der Waals surface area (Å²) >= 11 is 0. The average molecular weight is 519 g/mol. The molecule has 4 aromatic rings. The molecule has 2 aromatic carbocycles. The lowest BCUT2D eigenvalue weighted by molar-refractivity contribution is 0.353. The molecule has 4 heterocycles. The monoisotopic (exact) mass is 518 g/mol. The number of nitrogens with one attached hydrogen (secondary N) is 2. The van der Waals surface area contributed by atoms with E-state index in [4.69, 9.17) is 9.97 Å². The van der Waals surface area contributed by atoms with E-state index in [2.05, 4.69) is 70.7 Å². The first-order chi connectivity index (χ1) is 17.7. The second kappa shape index (κ2) is 11.4. The zero-order valence-corrected chi connectivity index (χ0v) is 23.0. The van der Waals surface area contributed by atoms with Gasteiger partial charge in [-0.1, -0.05) is 24.3 Å². The van der Waals surface area contributed by atoms with Crippen LogP contribution in [-0.4, -0.2) is 72.1 Å². The van der Waals surface area contributed by atoms with Gasteiger partial charge >= 0.3 is 0 Å². The Morgan fingerprint density at radius 1 is 0.622 bits per heavy atom. The summed E-state index contributed by atoms with van der Waals surface area (Å²) in [5.41, 5.74) is 6.57. The molecule has 2 saturated heterocycles. The van der Waals surface area contributed by atoms with Crippen LogP contribution in [0.2, 0.25) is 0 Å². The molecule has 0 spiro atoms. The first-order valence-corrected chi connectivity index (χ1v) is 13.7. The highest BCUT2D eigenvalue weighted by Crippen LogP contribution is 2.35. The zero-order chi connectivity index (χ0) is 24.5. The van der Waals surface area contributed by atoms with Gasteiger partial charge in [0, 0.05) is 70.5 Å². The van der Waals surface area contributed by atoms with E-state index < -0.39 is 0 Å². The SMILES string of the molecule is Cc1cc(NCCN2CCCC2)c2ccc3c(ccc4c(NCCN5CCCC5)cc(C)nc43)c2n1.Cl. The Labute approximate surface area is 226 Å². The van der Waals surface area contributed by atoms with Gasteiger partial charge in [0.15, 0.2) is 0 Å². The number of benzene rings is 2. The zero-order valence-electron chi connectivity index (χ0n) is 22.1. The van der Waals surface area contributed by atoms with E-state index >= 15 is 0 Å². The number of hydrogen-bond acceptors (Lipinski definition) is 6. The first-order valence-electron chi connectivity index (χ1n) is 13.7. The molecule has 0 atom stereocenters.